The van der Waals surface area contributed by atoms with Crippen LogP contribution in [0.2, 0.25) is 0 Å². The van der Waals surface area contributed by atoms with E-state index in [-0.39, 0.29) is 6.04 Å². The number of likely N-dealkylation sites (tertiary alicyclic amines) is 1. The molecule has 3 amide bonds. The van der Waals surface area contributed by atoms with Crippen LogP contribution in [0.4, 0.5) is 16.3 Å². The van der Waals surface area contributed by atoms with Crippen LogP contribution in [0, 0.1) is 13.8 Å². The molecule has 0 radical (unpaired) electrons. The largest absolute Gasteiger partial charge is 0.444 e. The molecule has 1 fully saturated rings. The fourth-order valence-electron chi connectivity index (χ4n) is 3.89. The second-order valence-electron chi connectivity index (χ2n) is 9.39. The summed E-state index contributed by atoms with van der Waals surface area (Å²) in [7, 11) is 0. The second kappa shape index (κ2) is 10.0. The summed E-state index contributed by atoms with van der Waals surface area (Å²) in [6, 6.07) is 9.60. The van der Waals surface area contributed by atoms with Gasteiger partial charge in [0.05, 0.1) is 17.9 Å². The third kappa shape index (κ3) is 6.54. The van der Waals surface area contributed by atoms with Crippen molar-refractivity contribution < 1.29 is 19.1 Å². The van der Waals surface area contributed by atoms with Gasteiger partial charge in [0.1, 0.15) is 11.4 Å². The third-order valence-corrected chi connectivity index (χ3v) is 5.34. The molecule has 0 saturated carbocycles. The zero-order chi connectivity index (χ0) is 24.2. The molecule has 2 N–H and O–H groups in total. The Morgan fingerprint density at radius 1 is 1.09 bits per heavy atom. The zero-order valence-electron chi connectivity index (χ0n) is 19.9. The van der Waals surface area contributed by atoms with E-state index in [1.165, 1.54) is 6.20 Å². The van der Waals surface area contributed by atoms with Gasteiger partial charge in [-0.1, -0.05) is 29.8 Å². The van der Waals surface area contributed by atoms with Crippen LogP contribution in [0.1, 0.15) is 62.8 Å². The molecular weight excluding hydrogens is 420 g/mol. The monoisotopic (exact) mass is 452 g/mol. The summed E-state index contributed by atoms with van der Waals surface area (Å²) < 4.78 is 5.23. The fraction of sp³-hybridized carbons (Fsp3) is 0.440. The molecule has 1 aliphatic rings. The van der Waals surface area contributed by atoms with Crippen LogP contribution in [0.5, 0.6) is 0 Å². The predicted octanol–water partition coefficient (Wildman–Crippen LogP) is 4.74. The number of aromatic nitrogens is 1. The number of hydrogen-bond acceptors (Lipinski definition) is 5. The molecule has 2 aromatic rings. The molecule has 1 atom stereocenters. The van der Waals surface area contributed by atoms with E-state index in [2.05, 4.69) is 21.7 Å². The highest BCUT2D eigenvalue weighted by atomic mass is 16.6. The summed E-state index contributed by atoms with van der Waals surface area (Å²) in [5.41, 5.74) is 2.55. The Morgan fingerprint density at radius 2 is 1.85 bits per heavy atom. The minimum Gasteiger partial charge on any atom is -0.444 e. The molecule has 176 valence electrons. The quantitative estimate of drug-likeness (QED) is 0.655. The number of carbonyl (C=O) groups is 3. The van der Waals surface area contributed by atoms with Gasteiger partial charge in [-0.3, -0.25) is 14.9 Å². The van der Waals surface area contributed by atoms with E-state index in [0.717, 1.165) is 30.4 Å². The van der Waals surface area contributed by atoms with E-state index >= 15 is 0 Å². The van der Waals surface area contributed by atoms with Gasteiger partial charge in [-0.2, -0.15) is 0 Å². The molecule has 0 aliphatic carbocycles. The standard InChI is InChI=1S/C25H32N4O4/c1-16-9-8-10-18(13-16)20-11-6-7-12-29(20)23(31)22(30)27-19-14-17(2)21(26-15-19)28-24(32)33-25(3,4)5/h8-10,13-15,20H,6-7,11-12H2,1-5H3,(H,27,30)(H,26,28,32). The van der Waals surface area contributed by atoms with Crippen molar-refractivity contribution >= 4 is 29.4 Å². The van der Waals surface area contributed by atoms with Crippen LogP contribution in [0.25, 0.3) is 0 Å². The molecule has 8 nitrogen and oxygen atoms in total. The van der Waals surface area contributed by atoms with E-state index in [0.29, 0.717) is 23.6 Å². The highest BCUT2D eigenvalue weighted by Gasteiger charge is 2.32. The molecule has 8 heteroatoms. The van der Waals surface area contributed by atoms with Crippen LogP contribution in [-0.4, -0.2) is 39.9 Å². The van der Waals surface area contributed by atoms with Crippen molar-refractivity contribution in [2.75, 3.05) is 17.2 Å². The van der Waals surface area contributed by atoms with Gasteiger partial charge in [-0.05, 0) is 71.1 Å². The van der Waals surface area contributed by atoms with Crippen LogP contribution in [-0.2, 0) is 14.3 Å². The first-order valence-corrected chi connectivity index (χ1v) is 11.2. The SMILES string of the molecule is Cc1cccc(C2CCCCN2C(=O)C(=O)Nc2cnc(NC(=O)OC(C)(C)C)c(C)c2)c1. The number of aryl methyl sites for hydroxylation is 2. The van der Waals surface area contributed by atoms with Crippen molar-refractivity contribution in [2.45, 2.75) is 65.5 Å². The molecule has 1 unspecified atom stereocenters. The van der Waals surface area contributed by atoms with Crippen molar-refractivity contribution in [1.82, 2.24) is 9.88 Å². The fourth-order valence-corrected chi connectivity index (χ4v) is 3.89. The number of ether oxygens (including phenoxy) is 1. The number of rotatable bonds is 3. The number of piperidine rings is 1. The minimum atomic E-state index is -0.705. The van der Waals surface area contributed by atoms with E-state index in [1.807, 2.05) is 25.1 Å². The summed E-state index contributed by atoms with van der Waals surface area (Å²) in [6.07, 6.45) is 3.50. The first-order valence-electron chi connectivity index (χ1n) is 11.2. The highest BCUT2D eigenvalue weighted by molar-refractivity contribution is 6.39. The Morgan fingerprint density at radius 3 is 2.52 bits per heavy atom. The number of carbonyl (C=O) groups excluding carboxylic acids is 3. The lowest BCUT2D eigenvalue weighted by molar-refractivity contribution is -0.145. The molecule has 2 heterocycles. The lowest BCUT2D eigenvalue weighted by Gasteiger charge is -2.35. The third-order valence-electron chi connectivity index (χ3n) is 5.34. The number of hydrogen-bond donors (Lipinski definition) is 2. The van der Waals surface area contributed by atoms with E-state index in [1.54, 1.807) is 38.7 Å². The highest BCUT2D eigenvalue weighted by Crippen LogP contribution is 2.31. The minimum absolute atomic E-state index is 0.114. The molecule has 1 aromatic heterocycles. The van der Waals surface area contributed by atoms with Gasteiger partial charge in [0.25, 0.3) is 0 Å². The van der Waals surface area contributed by atoms with Crippen LogP contribution in [0.15, 0.2) is 36.5 Å². The Kier molecular flexibility index (Phi) is 7.36. The number of nitrogens with one attached hydrogen (secondary N) is 2. The average molecular weight is 453 g/mol. The number of nitrogens with zero attached hydrogens (tertiary/aromatic N) is 2. The average Bonchev–Trinajstić information content (AvgIpc) is 2.74. The van der Waals surface area contributed by atoms with Crippen LogP contribution >= 0.6 is 0 Å². The molecule has 0 spiro atoms. The van der Waals surface area contributed by atoms with Crippen molar-refractivity contribution in [3.05, 3.63) is 53.2 Å². The molecule has 33 heavy (non-hydrogen) atoms. The zero-order valence-corrected chi connectivity index (χ0v) is 19.9. The lowest BCUT2D eigenvalue weighted by atomic mass is 9.94. The van der Waals surface area contributed by atoms with Crippen molar-refractivity contribution in [2.24, 2.45) is 0 Å². The smallest absolute Gasteiger partial charge is 0.413 e. The number of benzene rings is 1. The number of pyridine rings is 1. The van der Waals surface area contributed by atoms with Crippen molar-refractivity contribution in [1.29, 1.82) is 0 Å². The number of anilines is 2. The molecule has 1 saturated heterocycles. The molecule has 1 aromatic carbocycles. The van der Waals surface area contributed by atoms with E-state index in [9.17, 15) is 14.4 Å². The first kappa shape index (κ1) is 24.2. The Bertz CT molecular complexity index is 1040. The van der Waals surface area contributed by atoms with Gasteiger partial charge in [0.2, 0.25) is 0 Å². The van der Waals surface area contributed by atoms with Gasteiger partial charge in [-0.25, -0.2) is 9.78 Å². The summed E-state index contributed by atoms with van der Waals surface area (Å²) in [5, 5.41) is 5.24. The Labute approximate surface area is 194 Å². The summed E-state index contributed by atoms with van der Waals surface area (Å²) in [4.78, 5) is 43.6. The maximum absolute atomic E-state index is 13.0. The molecule has 1 aliphatic heterocycles. The van der Waals surface area contributed by atoms with Gasteiger partial charge < -0.3 is 15.0 Å². The summed E-state index contributed by atoms with van der Waals surface area (Å²) in [5.74, 6) is -0.942. The van der Waals surface area contributed by atoms with E-state index in [4.69, 9.17) is 4.74 Å². The van der Waals surface area contributed by atoms with Crippen LogP contribution in [0.3, 0.4) is 0 Å². The first-order chi connectivity index (χ1) is 15.5. The van der Waals surface area contributed by atoms with Gasteiger partial charge in [-0.15, -0.1) is 0 Å². The number of amides is 3. The van der Waals surface area contributed by atoms with Crippen molar-refractivity contribution in [3.63, 3.8) is 0 Å². The Hall–Kier alpha value is -3.42. The lowest BCUT2D eigenvalue weighted by Crippen LogP contribution is -2.44. The summed E-state index contributed by atoms with van der Waals surface area (Å²) >= 11 is 0. The predicted molar refractivity (Wildman–Crippen MR) is 127 cm³/mol. The van der Waals surface area contributed by atoms with E-state index < -0.39 is 23.5 Å². The van der Waals surface area contributed by atoms with Gasteiger partial charge >= 0.3 is 17.9 Å². The van der Waals surface area contributed by atoms with Gasteiger partial charge in [0.15, 0.2) is 0 Å². The molecule has 3 rings (SSSR count). The molecule has 0 bridgehead atoms. The summed E-state index contributed by atoms with van der Waals surface area (Å²) in [6.45, 7) is 9.62. The van der Waals surface area contributed by atoms with Gasteiger partial charge in [0, 0.05) is 6.54 Å². The van der Waals surface area contributed by atoms with Crippen LogP contribution < -0.4 is 10.6 Å². The molecular formula is C25H32N4O4. The topological polar surface area (TPSA) is 101 Å². The second-order valence-corrected chi connectivity index (χ2v) is 9.39. The Balaban J connectivity index is 1.68. The maximum atomic E-state index is 13.0. The van der Waals surface area contributed by atoms with Crippen molar-refractivity contribution in [3.8, 4) is 0 Å². The normalized spacial score (nSPS) is 16.2. The maximum Gasteiger partial charge on any atom is 0.413 e.